The Kier molecular flexibility index (Phi) is 11.9. The summed E-state index contributed by atoms with van der Waals surface area (Å²) in [5.74, 6) is 4.14. The van der Waals surface area contributed by atoms with Crippen LogP contribution < -0.4 is 15.8 Å². The van der Waals surface area contributed by atoms with Crippen molar-refractivity contribution in [3.05, 3.63) is 83.6 Å². The van der Waals surface area contributed by atoms with Crippen molar-refractivity contribution >= 4 is 11.5 Å². The van der Waals surface area contributed by atoms with E-state index in [9.17, 15) is 0 Å². The molecule has 0 saturated heterocycles. The summed E-state index contributed by atoms with van der Waals surface area (Å²) in [5.41, 5.74) is 7.77. The molecule has 0 fully saturated rings. The van der Waals surface area contributed by atoms with Gasteiger partial charge < -0.3 is 15.8 Å². The van der Waals surface area contributed by atoms with Crippen LogP contribution in [0.25, 0.3) is 0 Å². The molecule has 0 heterocycles. The van der Waals surface area contributed by atoms with E-state index in [-0.39, 0.29) is 5.84 Å². The molecule has 0 aromatic heterocycles. The zero-order valence-electron chi connectivity index (χ0n) is 18.2. The van der Waals surface area contributed by atoms with Gasteiger partial charge in [0.2, 0.25) is 0 Å². The van der Waals surface area contributed by atoms with Gasteiger partial charge in [0.15, 0.2) is 0 Å². The van der Waals surface area contributed by atoms with E-state index in [0.717, 1.165) is 17.0 Å². The molecular weight excluding hydrogens is 370 g/mol. The molecule has 0 amide bonds. The first kappa shape index (κ1) is 24.6. The van der Waals surface area contributed by atoms with Gasteiger partial charge in [-0.25, -0.2) is 0 Å². The maximum Gasteiger partial charge on any atom is 0.127 e. The molecule has 0 spiro atoms. The van der Waals surface area contributed by atoms with Gasteiger partial charge in [-0.05, 0) is 43.3 Å². The van der Waals surface area contributed by atoms with Gasteiger partial charge in [0.05, 0.1) is 0 Å². The van der Waals surface area contributed by atoms with Crippen molar-refractivity contribution in [1.82, 2.24) is 0 Å². The van der Waals surface area contributed by atoms with Crippen LogP contribution in [0, 0.1) is 17.8 Å². The maximum atomic E-state index is 7.49. The van der Waals surface area contributed by atoms with E-state index in [2.05, 4.69) is 25.1 Å². The highest BCUT2D eigenvalue weighted by molar-refractivity contribution is 5.95. The minimum Gasteiger partial charge on any atom is -0.458 e. The summed E-state index contributed by atoms with van der Waals surface area (Å²) in [7, 11) is 0. The lowest BCUT2D eigenvalue weighted by Gasteiger charge is -2.10. The molecule has 2 aromatic carbocycles. The van der Waals surface area contributed by atoms with Crippen LogP contribution in [-0.4, -0.2) is 12.4 Å². The number of amidine groups is 1. The van der Waals surface area contributed by atoms with Crippen molar-refractivity contribution in [2.24, 2.45) is 5.73 Å². The van der Waals surface area contributed by atoms with Gasteiger partial charge in [-0.3, -0.25) is 5.41 Å². The molecule has 30 heavy (non-hydrogen) atoms. The number of para-hydroxylation sites is 1. The molecule has 4 N–H and O–H groups in total. The lowest BCUT2D eigenvalue weighted by Crippen LogP contribution is -2.12. The van der Waals surface area contributed by atoms with E-state index >= 15 is 0 Å². The molecular formula is C26H33N3O. The number of nitrogens with one attached hydrogen (secondary N) is 2. The first-order chi connectivity index (χ1) is 14.5. The Labute approximate surface area is 181 Å². The van der Waals surface area contributed by atoms with E-state index in [4.69, 9.17) is 22.3 Å². The Bertz CT molecular complexity index is 875. The second-order valence-electron chi connectivity index (χ2n) is 6.62. The summed E-state index contributed by atoms with van der Waals surface area (Å²) in [4.78, 5) is 0. The summed E-state index contributed by atoms with van der Waals surface area (Å²) in [6.07, 6.45) is 13.4. The van der Waals surface area contributed by atoms with E-state index in [1.165, 1.54) is 19.3 Å². The highest BCUT2D eigenvalue weighted by atomic mass is 16.5. The number of benzene rings is 2. The smallest absolute Gasteiger partial charge is 0.127 e. The largest absolute Gasteiger partial charge is 0.458 e. The number of nitrogens with two attached hydrogens (primary N) is 1. The second kappa shape index (κ2) is 14.5. The zero-order chi connectivity index (χ0) is 22.2. The summed E-state index contributed by atoms with van der Waals surface area (Å²) in [6, 6.07) is 16.9. The van der Waals surface area contributed by atoms with Crippen LogP contribution in [0.5, 0.6) is 5.75 Å². The average Bonchev–Trinajstić information content (AvgIpc) is 2.77. The van der Waals surface area contributed by atoms with Gasteiger partial charge in [-0.2, -0.15) is 0 Å². The van der Waals surface area contributed by atoms with Gasteiger partial charge in [-0.15, -0.1) is 6.42 Å². The number of unbranched alkanes of at least 4 members (excludes halogenated alkanes) is 2. The lowest BCUT2D eigenvalue weighted by atomic mass is 10.1. The SMILES string of the molecule is C#C/C(=C\C(=C/C)Oc1ccccc1)CNc1cccc(C(=N)N)c1.CCCCC. The molecule has 2 rings (SSSR count). The average molecular weight is 404 g/mol. The first-order valence-electron chi connectivity index (χ1n) is 10.3. The molecule has 4 heteroatoms. The Morgan fingerprint density at radius 2 is 1.83 bits per heavy atom. The Hall–Kier alpha value is -3.45. The van der Waals surface area contributed by atoms with Crippen molar-refractivity contribution in [2.75, 3.05) is 11.9 Å². The van der Waals surface area contributed by atoms with Crippen molar-refractivity contribution in [3.63, 3.8) is 0 Å². The van der Waals surface area contributed by atoms with E-state index in [0.29, 0.717) is 17.9 Å². The molecule has 0 radical (unpaired) electrons. The molecule has 0 aliphatic carbocycles. The normalized spacial score (nSPS) is 11.0. The van der Waals surface area contributed by atoms with Crippen LogP contribution in [0.2, 0.25) is 0 Å². The number of hydrogen-bond donors (Lipinski definition) is 3. The number of rotatable bonds is 9. The van der Waals surface area contributed by atoms with Gasteiger partial charge in [0.25, 0.3) is 0 Å². The topological polar surface area (TPSA) is 71.1 Å². The van der Waals surface area contributed by atoms with Gasteiger partial charge in [0, 0.05) is 23.4 Å². The fourth-order valence-corrected chi connectivity index (χ4v) is 2.46. The zero-order valence-corrected chi connectivity index (χ0v) is 18.2. The van der Waals surface area contributed by atoms with Crippen molar-refractivity contribution in [3.8, 4) is 18.1 Å². The maximum absolute atomic E-state index is 7.49. The molecule has 4 nitrogen and oxygen atoms in total. The fourth-order valence-electron chi connectivity index (χ4n) is 2.46. The third kappa shape index (κ3) is 9.66. The van der Waals surface area contributed by atoms with Gasteiger partial charge in [-0.1, -0.05) is 69.4 Å². The number of anilines is 1. The Morgan fingerprint density at radius 3 is 2.37 bits per heavy atom. The van der Waals surface area contributed by atoms with Crippen molar-refractivity contribution in [1.29, 1.82) is 5.41 Å². The lowest BCUT2D eigenvalue weighted by molar-refractivity contribution is 0.443. The quantitative estimate of drug-likeness (QED) is 0.155. The number of nitrogen functional groups attached to an aromatic ring is 1. The van der Waals surface area contributed by atoms with Crippen LogP contribution in [0.4, 0.5) is 5.69 Å². The molecule has 0 aliphatic heterocycles. The summed E-state index contributed by atoms with van der Waals surface area (Å²) in [5, 5.41) is 10.7. The predicted octanol–water partition coefficient (Wildman–Crippen LogP) is 6.12. The highest BCUT2D eigenvalue weighted by Gasteiger charge is 2.02. The molecule has 2 aromatic rings. The molecule has 0 saturated carbocycles. The minimum atomic E-state index is 0.0313. The predicted molar refractivity (Wildman–Crippen MR) is 129 cm³/mol. The van der Waals surface area contributed by atoms with Crippen molar-refractivity contribution < 1.29 is 4.74 Å². The summed E-state index contributed by atoms with van der Waals surface area (Å²) in [6.45, 7) is 6.78. The number of hydrogen-bond acceptors (Lipinski definition) is 3. The van der Waals surface area contributed by atoms with Crippen molar-refractivity contribution in [2.45, 2.75) is 40.0 Å². The van der Waals surface area contributed by atoms with E-state index < -0.39 is 0 Å². The molecule has 158 valence electrons. The Balaban J connectivity index is 0.000000804. The molecule has 0 unspecified atom stereocenters. The number of ether oxygens (including phenoxy) is 1. The van der Waals surface area contributed by atoms with E-state index in [1.54, 1.807) is 6.07 Å². The van der Waals surface area contributed by atoms with E-state index in [1.807, 2.05) is 67.6 Å². The minimum absolute atomic E-state index is 0.0313. The van der Waals surface area contributed by atoms with Crippen LogP contribution in [-0.2, 0) is 0 Å². The van der Waals surface area contributed by atoms with Crippen LogP contribution >= 0.6 is 0 Å². The molecule has 0 atom stereocenters. The molecule has 0 aliphatic rings. The second-order valence-corrected chi connectivity index (χ2v) is 6.62. The van der Waals surface area contributed by atoms with Gasteiger partial charge >= 0.3 is 0 Å². The summed E-state index contributed by atoms with van der Waals surface area (Å²) < 4.78 is 5.82. The highest BCUT2D eigenvalue weighted by Crippen LogP contribution is 2.15. The van der Waals surface area contributed by atoms with Gasteiger partial charge in [0.1, 0.15) is 17.3 Å². The third-order valence-electron chi connectivity index (χ3n) is 4.13. The summed E-state index contributed by atoms with van der Waals surface area (Å²) >= 11 is 0. The molecule has 0 bridgehead atoms. The van der Waals surface area contributed by atoms with Crippen LogP contribution in [0.3, 0.4) is 0 Å². The first-order valence-corrected chi connectivity index (χ1v) is 10.3. The fraction of sp³-hybridized carbons (Fsp3) is 0.269. The third-order valence-corrected chi connectivity index (χ3v) is 4.13. The number of terminal acetylenes is 1. The Morgan fingerprint density at radius 1 is 1.13 bits per heavy atom. The van der Waals surface area contributed by atoms with Crippen LogP contribution in [0.15, 0.2) is 78.1 Å². The van der Waals surface area contributed by atoms with Crippen LogP contribution in [0.1, 0.15) is 45.6 Å². The monoisotopic (exact) mass is 403 g/mol. The standard InChI is InChI=1S/C21H21N3O.C5H12/c1-3-16(13-19(4-2)25-20-11-6-5-7-12-20)15-24-18-10-8-9-17(14-18)21(22)23;1-3-5-4-2/h1,4-14,24H,15H2,2H3,(H3,22,23);3-5H2,1-2H3/b16-13+,19-4+;. The number of allylic oxidation sites excluding steroid dienone is 2.